The first-order valence-corrected chi connectivity index (χ1v) is 7.86. The summed E-state index contributed by atoms with van der Waals surface area (Å²) in [7, 11) is 0. The summed E-state index contributed by atoms with van der Waals surface area (Å²) in [5, 5.41) is 9.28. The van der Waals surface area contributed by atoms with Crippen molar-refractivity contribution in [1.82, 2.24) is 4.90 Å². The van der Waals surface area contributed by atoms with E-state index < -0.39 is 0 Å². The maximum absolute atomic E-state index is 12.5. The van der Waals surface area contributed by atoms with E-state index in [0.717, 1.165) is 31.4 Å². The van der Waals surface area contributed by atoms with Crippen LogP contribution in [-0.4, -0.2) is 42.2 Å². The third-order valence-corrected chi connectivity index (χ3v) is 4.58. The van der Waals surface area contributed by atoms with Crippen molar-refractivity contribution in [2.75, 3.05) is 26.3 Å². The van der Waals surface area contributed by atoms with Crippen LogP contribution in [0.25, 0.3) is 0 Å². The number of aliphatic hydroxyl groups is 1. The summed E-state index contributed by atoms with van der Waals surface area (Å²) in [5.41, 5.74) is 2.46. The summed E-state index contributed by atoms with van der Waals surface area (Å²) in [4.78, 5) is 14.4. The minimum absolute atomic E-state index is 0.114. The molecule has 2 atom stereocenters. The standard InChI is InChI=1S/C17H23NO3/c19-12-13-4-3-8-18(11-13)17(20)10-16-15-6-2-1-5-14(15)7-9-21-16/h1-2,5-6,13,16,19H,3-4,7-12H2. The van der Waals surface area contributed by atoms with Crippen molar-refractivity contribution in [3.63, 3.8) is 0 Å². The van der Waals surface area contributed by atoms with E-state index in [1.165, 1.54) is 5.56 Å². The molecule has 114 valence electrons. The van der Waals surface area contributed by atoms with Crippen molar-refractivity contribution in [3.05, 3.63) is 35.4 Å². The van der Waals surface area contributed by atoms with Gasteiger partial charge in [-0.2, -0.15) is 0 Å². The van der Waals surface area contributed by atoms with Gasteiger partial charge in [0.2, 0.25) is 5.91 Å². The minimum atomic E-state index is -0.114. The Labute approximate surface area is 125 Å². The van der Waals surface area contributed by atoms with E-state index in [-0.39, 0.29) is 24.5 Å². The van der Waals surface area contributed by atoms with Crippen LogP contribution in [0.2, 0.25) is 0 Å². The monoisotopic (exact) mass is 289 g/mol. The van der Waals surface area contributed by atoms with Crippen LogP contribution < -0.4 is 0 Å². The van der Waals surface area contributed by atoms with Crippen LogP contribution in [0.15, 0.2) is 24.3 Å². The third kappa shape index (κ3) is 3.27. The number of hydrogen-bond acceptors (Lipinski definition) is 3. The fourth-order valence-corrected chi connectivity index (χ4v) is 3.37. The molecule has 0 saturated carbocycles. The van der Waals surface area contributed by atoms with Crippen molar-refractivity contribution >= 4 is 5.91 Å². The van der Waals surface area contributed by atoms with Gasteiger partial charge in [0, 0.05) is 19.7 Å². The Hall–Kier alpha value is -1.39. The fraction of sp³-hybridized carbons (Fsp3) is 0.588. The average molecular weight is 289 g/mol. The molecular formula is C17H23NO3. The predicted molar refractivity (Wildman–Crippen MR) is 79.8 cm³/mol. The number of rotatable bonds is 3. The molecule has 2 unspecified atom stereocenters. The van der Waals surface area contributed by atoms with Gasteiger partial charge in [0.05, 0.1) is 19.1 Å². The van der Waals surface area contributed by atoms with E-state index >= 15 is 0 Å². The molecule has 1 saturated heterocycles. The van der Waals surface area contributed by atoms with E-state index in [1.54, 1.807) is 0 Å². The maximum Gasteiger partial charge on any atom is 0.225 e. The highest BCUT2D eigenvalue weighted by Crippen LogP contribution is 2.30. The average Bonchev–Trinajstić information content (AvgIpc) is 2.55. The largest absolute Gasteiger partial charge is 0.396 e. The van der Waals surface area contributed by atoms with Crippen LogP contribution in [0.1, 0.15) is 36.5 Å². The minimum Gasteiger partial charge on any atom is -0.396 e. The first-order chi connectivity index (χ1) is 10.3. The number of carbonyl (C=O) groups is 1. The third-order valence-electron chi connectivity index (χ3n) is 4.58. The number of amides is 1. The lowest BCUT2D eigenvalue weighted by Crippen LogP contribution is -2.41. The molecule has 1 fully saturated rings. The number of fused-ring (bicyclic) bond motifs is 1. The number of nitrogens with zero attached hydrogens (tertiary/aromatic N) is 1. The van der Waals surface area contributed by atoms with Gasteiger partial charge in [0.15, 0.2) is 0 Å². The molecular weight excluding hydrogens is 266 g/mol. The van der Waals surface area contributed by atoms with Crippen LogP contribution in [0.3, 0.4) is 0 Å². The molecule has 21 heavy (non-hydrogen) atoms. The topological polar surface area (TPSA) is 49.8 Å². The van der Waals surface area contributed by atoms with Gasteiger partial charge in [-0.3, -0.25) is 4.79 Å². The second-order valence-corrected chi connectivity index (χ2v) is 6.04. The van der Waals surface area contributed by atoms with Crippen molar-refractivity contribution < 1.29 is 14.6 Å². The number of hydrogen-bond donors (Lipinski definition) is 1. The second kappa shape index (κ2) is 6.58. The Morgan fingerprint density at radius 3 is 3.10 bits per heavy atom. The van der Waals surface area contributed by atoms with E-state index in [4.69, 9.17) is 4.74 Å². The number of benzene rings is 1. The van der Waals surface area contributed by atoms with Crippen LogP contribution in [0.5, 0.6) is 0 Å². The van der Waals surface area contributed by atoms with Crippen molar-refractivity contribution in [1.29, 1.82) is 0 Å². The van der Waals surface area contributed by atoms with E-state index in [1.807, 2.05) is 17.0 Å². The van der Waals surface area contributed by atoms with Crippen molar-refractivity contribution in [3.8, 4) is 0 Å². The molecule has 1 amide bonds. The molecule has 0 aromatic heterocycles. The highest BCUT2D eigenvalue weighted by atomic mass is 16.5. The predicted octanol–water partition coefficient (Wildman–Crippen LogP) is 1.92. The zero-order valence-corrected chi connectivity index (χ0v) is 12.3. The van der Waals surface area contributed by atoms with Gasteiger partial charge in [-0.15, -0.1) is 0 Å². The molecule has 3 rings (SSSR count). The lowest BCUT2D eigenvalue weighted by Gasteiger charge is -2.33. The Morgan fingerprint density at radius 2 is 2.24 bits per heavy atom. The van der Waals surface area contributed by atoms with E-state index in [9.17, 15) is 9.90 Å². The lowest BCUT2D eigenvalue weighted by molar-refractivity contribution is -0.136. The zero-order valence-electron chi connectivity index (χ0n) is 12.3. The summed E-state index contributed by atoms with van der Waals surface area (Å²) >= 11 is 0. The smallest absolute Gasteiger partial charge is 0.225 e. The Bertz CT molecular complexity index is 503. The normalized spacial score (nSPS) is 25.5. The summed E-state index contributed by atoms with van der Waals surface area (Å²) in [5.74, 6) is 0.386. The quantitative estimate of drug-likeness (QED) is 0.925. The van der Waals surface area contributed by atoms with Crippen molar-refractivity contribution in [2.24, 2.45) is 5.92 Å². The molecule has 1 N–H and O–H groups in total. The van der Waals surface area contributed by atoms with Gasteiger partial charge in [0.25, 0.3) is 0 Å². The molecule has 1 aromatic rings. The second-order valence-electron chi connectivity index (χ2n) is 6.04. The SMILES string of the molecule is O=C(CC1OCCc2ccccc21)N1CCCC(CO)C1. The molecule has 0 spiro atoms. The molecule has 2 aliphatic heterocycles. The Balaban J connectivity index is 1.65. The summed E-state index contributed by atoms with van der Waals surface area (Å²) in [6.07, 6.45) is 3.23. The van der Waals surface area contributed by atoms with E-state index in [0.29, 0.717) is 19.6 Å². The number of carbonyl (C=O) groups excluding carboxylic acids is 1. The highest BCUT2D eigenvalue weighted by molar-refractivity contribution is 5.77. The number of ether oxygens (including phenoxy) is 1. The van der Waals surface area contributed by atoms with E-state index in [2.05, 4.69) is 12.1 Å². The summed E-state index contributed by atoms with van der Waals surface area (Å²) in [6, 6.07) is 8.24. The van der Waals surface area contributed by atoms with Crippen molar-refractivity contribution in [2.45, 2.75) is 31.8 Å². The van der Waals surface area contributed by atoms with Crippen LogP contribution in [-0.2, 0) is 16.0 Å². The molecule has 4 heteroatoms. The zero-order chi connectivity index (χ0) is 14.7. The van der Waals surface area contributed by atoms with Crippen LogP contribution >= 0.6 is 0 Å². The first kappa shape index (κ1) is 14.5. The maximum atomic E-state index is 12.5. The fourth-order valence-electron chi connectivity index (χ4n) is 3.37. The first-order valence-electron chi connectivity index (χ1n) is 7.86. The molecule has 0 aliphatic carbocycles. The Morgan fingerprint density at radius 1 is 1.38 bits per heavy atom. The van der Waals surface area contributed by atoms with Gasteiger partial charge >= 0.3 is 0 Å². The number of likely N-dealkylation sites (tertiary alicyclic amines) is 1. The molecule has 1 aromatic carbocycles. The summed E-state index contributed by atoms with van der Waals surface area (Å²) in [6.45, 7) is 2.36. The molecule has 2 heterocycles. The number of aliphatic hydroxyl groups excluding tert-OH is 1. The van der Waals surface area contributed by atoms with Gasteiger partial charge in [-0.25, -0.2) is 0 Å². The van der Waals surface area contributed by atoms with Gasteiger partial charge in [0.1, 0.15) is 0 Å². The van der Waals surface area contributed by atoms with Gasteiger partial charge < -0.3 is 14.7 Å². The molecule has 0 radical (unpaired) electrons. The van der Waals surface area contributed by atoms with Gasteiger partial charge in [-0.05, 0) is 36.3 Å². The summed E-state index contributed by atoms with van der Waals surface area (Å²) < 4.78 is 5.82. The Kier molecular flexibility index (Phi) is 4.56. The molecule has 2 aliphatic rings. The van der Waals surface area contributed by atoms with Gasteiger partial charge in [-0.1, -0.05) is 24.3 Å². The molecule has 4 nitrogen and oxygen atoms in total. The number of piperidine rings is 1. The lowest BCUT2D eigenvalue weighted by atomic mass is 9.94. The molecule has 0 bridgehead atoms. The highest BCUT2D eigenvalue weighted by Gasteiger charge is 2.28. The van der Waals surface area contributed by atoms with Crippen LogP contribution in [0.4, 0.5) is 0 Å². The van der Waals surface area contributed by atoms with Crippen LogP contribution in [0, 0.1) is 5.92 Å².